The van der Waals surface area contributed by atoms with Crippen LogP contribution in [-0.4, -0.2) is 42.4 Å². The summed E-state index contributed by atoms with van der Waals surface area (Å²) < 4.78 is 5.41. The van der Waals surface area contributed by atoms with Crippen molar-refractivity contribution in [2.75, 3.05) is 20.3 Å². The molecule has 2 unspecified atom stereocenters. The summed E-state index contributed by atoms with van der Waals surface area (Å²) in [5.41, 5.74) is 2.41. The molecule has 1 heterocycles. The molecule has 18 heavy (non-hydrogen) atoms. The maximum Gasteiger partial charge on any atom is 0.0951 e. The summed E-state index contributed by atoms with van der Waals surface area (Å²) in [7, 11) is 2.15. The fraction of sp³-hybridized carbons (Fsp3) is 0.600. The summed E-state index contributed by atoms with van der Waals surface area (Å²) in [4.78, 5) is 2.37. The molecule has 0 radical (unpaired) electrons. The summed E-state index contributed by atoms with van der Waals surface area (Å²) in [6.45, 7) is 1.70. The van der Waals surface area contributed by atoms with E-state index in [1.165, 1.54) is 5.56 Å². The van der Waals surface area contributed by atoms with Gasteiger partial charge in [-0.15, -0.1) is 0 Å². The van der Waals surface area contributed by atoms with Gasteiger partial charge in [0.2, 0.25) is 0 Å². The number of likely N-dealkylation sites (N-methyl/N-ethyl adjacent to an activating group) is 1. The lowest BCUT2D eigenvalue weighted by Gasteiger charge is -2.36. The normalized spacial score (nSPS) is 28.6. The number of hydrogen-bond donors (Lipinski definition) is 1. The van der Waals surface area contributed by atoms with E-state index in [4.69, 9.17) is 4.74 Å². The van der Waals surface area contributed by atoms with Gasteiger partial charge in [0, 0.05) is 25.3 Å². The molecule has 1 aromatic rings. The third kappa shape index (κ3) is 2.07. The van der Waals surface area contributed by atoms with E-state index in [0.29, 0.717) is 6.04 Å². The molecule has 1 fully saturated rings. The Bertz CT molecular complexity index is 415. The van der Waals surface area contributed by atoms with Crippen LogP contribution in [0.4, 0.5) is 0 Å². The lowest BCUT2D eigenvalue weighted by Crippen LogP contribution is -2.45. The molecule has 0 bridgehead atoms. The first-order chi connectivity index (χ1) is 8.77. The molecule has 3 nitrogen and oxygen atoms in total. The van der Waals surface area contributed by atoms with Crippen molar-refractivity contribution in [2.24, 2.45) is 0 Å². The van der Waals surface area contributed by atoms with Crippen molar-refractivity contribution in [3.63, 3.8) is 0 Å². The lowest BCUT2D eigenvalue weighted by atomic mass is 10.0. The molecule has 98 valence electrons. The molecule has 0 amide bonds. The Morgan fingerprint density at radius 3 is 2.67 bits per heavy atom. The average molecular weight is 247 g/mol. The fourth-order valence-corrected chi connectivity index (χ4v) is 3.28. The number of ether oxygens (including phenoxy) is 1. The van der Waals surface area contributed by atoms with Crippen LogP contribution in [0.2, 0.25) is 0 Å². The Morgan fingerprint density at radius 2 is 1.94 bits per heavy atom. The van der Waals surface area contributed by atoms with Crippen molar-refractivity contribution in [1.82, 2.24) is 4.90 Å². The zero-order valence-corrected chi connectivity index (χ0v) is 10.9. The number of hydrogen-bond acceptors (Lipinski definition) is 3. The molecule has 1 aromatic carbocycles. The standard InChI is InChI=1S/C15H21NO2/c1-16(12-6-8-18-9-7-12)14-10-11-4-2-3-5-13(11)15(14)17/h2-5,12,14-15,17H,6-10H2,1H3. The first kappa shape index (κ1) is 12.2. The smallest absolute Gasteiger partial charge is 0.0951 e. The minimum Gasteiger partial charge on any atom is -0.387 e. The first-order valence-electron chi connectivity index (χ1n) is 6.83. The molecular weight excluding hydrogens is 226 g/mol. The number of nitrogens with zero attached hydrogens (tertiary/aromatic N) is 1. The van der Waals surface area contributed by atoms with Crippen molar-refractivity contribution in [3.05, 3.63) is 35.4 Å². The van der Waals surface area contributed by atoms with Crippen LogP contribution in [-0.2, 0) is 11.2 Å². The Balaban J connectivity index is 1.74. The summed E-state index contributed by atoms with van der Waals surface area (Å²) in [6, 6.07) is 9.04. The largest absolute Gasteiger partial charge is 0.387 e. The molecule has 1 saturated heterocycles. The molecular formula is C15H21NO2. The Kier molecular flexibility index (Phi) is 3.37. The monoisotopic (exact) mass is 247 g/mol. The van der Waals surface area contributed by atoms with Gasteiger partial charge in [-0.25, -0.2) is 0 Å². The van der Waals surface area contributed by atoms with E-state index in [2.05, 4.69) is 30.1 Å². The summed E-state index contributed by atoms with van der Waals surface area (Å²) in [6.07, 6.45) is 2.78. The number of aliphatic hydroxyl groups excluding tert-OH is 1. The van der Waals surface area contributed by atoms with Gasteiger partial charge < -0.3 is 9.84 Å². The van der Waals surface area contributed by atoms with E-state index >= 15 is 0 Å². The van der Waals surface area contributed by atoms with Crippen LogP contribution in [0.3, 0.4) is 0 Å². The molecule has 1 N–H and O–H groups in total. The van der Waals surface area contributed by atoms with Crippen molar-refractivity contribution in [2.45, 2.75) is 37.5 Å². The van der Waals surface area contributed by atoms with Gasteiger partial charge in [0.25, 0.3) is 0 Å². The fourth-order valence-electron chi connectivity index (χ4n) is 3.28. The molecule has 0 aromatic heterocycles. The first-order valence-corrected chi connectivity index (χ1v) is 6.83. The zero-order valence-electron chi connectivity index (χ0n) is 10.9. The minimum absolute atomic E-state index is 0.227. The van der Waals surface area contributed by atoms with Gasteiger partial charge in [-0.3, -0.25) is 4.90 Å². The van der Waals surface area contributed by atoms with Crippen LogP contribution in [0.1, 0.15) is 30.1 Å². The Morgan fingerprint density at radius 1 is 1.22 bits per heavy atom. The molecule has 1 aliphatic heterocycles. The highest BCUT2D eigenvalue weighted by Crippen LogP contribution is 2.35. The maximum atomic E-state index is 10.5. The van der Waals surface area contributed by atoms with E-state index in [1.807, 2.05) is 6.07 Å². The third-order valence-corrected chi connectivity index (χ3v) is 4.46. The van der Waals surface area contributed by atoms with E-state index in [9.17, 15) is 5.11 Å². The Hall–Kier alpha value is -0.900. The minimum atomic E-state index is -0.339. The van der Waals surface area contributed by atoms with Gasteiger partial charge in [0.05, 0.1) is 6.10 Å². The predicted molar refractivity (Wildman–Crippen MR) is 70.5 cm³/mol. The van der Waals surface area contributed by atoms with E-state index < -0.39 is 0 Å². The van der Waals surface area contributed by atoms with E-state index in [0.717, 1.165) is 38.0 Å². The van der Waals surface area contributed by atoms with Gasteiger partial charge in [0.1, 0.15) is 0 Å². The van der Waals surface area contributed by atoms with Crippen LogP contribution in [0.5, 0.6) is 0 Å². The number of aliphatic hydroxyl groups is 1. The Labute approximate surface area is 108 Å². The van der Waals surface area contributed by atoms with Crippen LogP contribution in [0.25, 0.3) is 0 Å². The van der Waals surface area contributed by atoms with E-state index in [-0.39, 0.29) is 12.1 Å². The third-order valence-electron chi connectivity index (χ3n) is 4.46. The van der Waals surface area contributed by atoms with E-state index in [1.54, 1.807) is 0 Å². The molecule has 2 atom stereocenters. The quantitative estimate of drug-likeness (QED) is 0.864. The van der Waals surface area contributed by atoms with Crippen molar-refractivity contribution < 1.29 is 9.84 Å². The molecule has 1 aliphatic carbocycles. The second-order valence-electron chi connectivity index (χ2n) is 5.42. The highest BCUT2D eigenvalue weighted by Gasteiger charge is 2.36. The second-order valence-corrected chi connectivity index (χ2v) is 5.42. The number of fused-ring (bicyclic) bond motifs is 1. The van der Waals surface area contributed by atoms with Gasteiger partial charge in [0.15, 0.2) is 0 Å². The second kappa shape index (κ2) is 5.00. The summed E-state index contributed by atoms with van der Waals surface area (Å²) >= 11 is 0. The van der Waals surface area contributed by atoms with Crippen molar-refractivity contribution in [1.29, 1.82) is 0 Å². The van der Waals surface area contributed by atoms with Crippen LogP contribution in [0.15, 0.2) is 24.3 Å². The molecule has 3 heteroatoms. The molecule has 2 aliphatic rings. The SMILES string of the molecule is CN(C1CCOCC1)C1Cc2ccccc2C1O. The van der Waals surface area contributed by atoms with Crippen LogP contribution in [0, 0.1) is 0 Å². The zero-order chi connectivity index (χ0) is 12.5. The highest BCUT2D eigenvalue weighted by atomic mass is 16.5. The lowest BCUT2D eigenvalue weighted by molar-refractivity contribution is -0.00149. The molecule has 0 saturated carbocycles. The van der Waals surface area contributed by atoms with Crippen molar-refractivity contribution in [3.8, 4) is 0 Å². The molecule has 3 rings (SSSR count). The number of benzene rings is 1. The van der Waals surface area contributed by atoms with Crippen LogP contribution < -0.4 is 0 Å². The summed E-state index contributed by atoms with van der Waals surface area (Å²) in [5.74, 6) is 0. The average Bonchev–Trinajstić information content (AvgIpc) is 2.77. The van der Waals surface area contributed by atoms with Crippen molar-refractivity contribution >= 4 is 0 Å². The topological polar surface area (TPSA) is 32.7 Å². The van der Waals surface area contributed by atoms with Gasteiger partial charge >= 0.3 is 0 Å². The number of rotatable bonds is 2. The maximum absolute atomic E-state index is 10.5. The molecule has 0 spiro atoms. The van der Waals surface area contributed by atoms with Gasteiger partial charge in [-0.1, -0.05) is 24.3 Å². The predicted octanol–water partition coefficient (Wildman–Crippen LogP) is 1.76. The van der Waals surface area contributed by atoms with Gasteiger partial charge in [-0.2, -0.15) is 0 Å². The van der Waals surface area contributed by atoms with Gasteiger partial charge in [-0.05, 0) is 37.4 Å². The summed E-state index contributed by atoms with van der Waals surface area (Å²) in [5, 5.41) is 10.5. The van der Waals surface area contributed by atoms with Crippen LogP contribution >= 0.6 is 0 Å². The highest BCUT2D eigenvalue weighted by molar-refractivity contribution is 5.35.